The number of fused-ring (bicyclic) bond motifs is 1. The molecule has 0 atom stereocenters. The van der Waals surface area contributed by atoms with Gasteiger partial charge < -0.3 is 10.5 Å². The molecule has 0 spiro atoms. The van der Waals surface area contributed by atoms with E-state index in [1.54, 1.807) is 23.1 Å². The van der Waals surface area contributed by atoms with Crippen LogP contribution in [0.3, 0.4) is 0 Å². The van der Waals surface area contributed by atoms with Crippen molar-refractivity contribution in [3.63, 3.8) is 0 Å². The number of carbonyl (C=O) groups is 1. The first kappa shape index (κ1) is 12.2. The van der Waals surface area contributed by atoms with E-state index in [9.17, 15) is 4.79 Å². The topological polar surface area (TPSA) is 81.3 Å². The van der Waals surface area contributed by atoms with Gasteiger partial charge in [-0.1, -0.05) is 22.9 Å². The molecule has 1 aromatic heterocycles. The van der Waals surface area contributed by atoms with Gasteiger partial charge in [-0.15, -0.1) is 10.2 Å². The number of amides is 1. The van der Waals surface area contributed by atoms with Crippen LogP contribution in [0, 0.1) is 0 Å². The first-order valence-electron chi connectivity index (χ1n) is 5.44. The Balaban J connectivity index is 1.96. The van der Waals surface area contributed by atoms with Gasteiger partial charge in [-0.25, -0.2) is 0 Å². The molecule has 0 fully saturated rings. The van der Waals surface area contributed by atoms with E-state index in [-0.39, 0.29) is 12.5 Å². The molecule has 2 N–H and O–H groups in total. The van der Waals surface area contributed by atoms with E-state index in [1.807, 2.05) is 0 Å². The van der Waals surface area contributed by atoms with Crippen LogP contribution in [0.1, 0.15) is 5.01 Å². The van der Waals surface area contributed by atoms with Gasteiger partial charge in [0, 0.05) is 5.02 Å². The number of rotatable bonds is 2. The molecule has 2 aromatic rings. The standard InChI is InChI=1S/C11H9ClN4O2S/c12-6-1-2-8-7(3-6)16(10(17)5-18-8)4-9-14-15-11(13)19-9/h1-3H,4-5H2,(H2,13,15). The number of nitrogens with zero attached hydrogens (tertiary/aromatic N) is 3. The Hall–Kier alpha value is -1.86. The molecule has 1 aliphatic heterocycles. The summed E-state index contributed by atoms with van der Waals surface area (Å²) >= 11 is 7.21. The fraction of sp³-hybridized carbons (Fsp3) is 0.182. The van der Waals surface area contributed by atoms with Gasteiger partial charge in [0.25, 0.3) is 5.91 Å². The van der Waals surface area contributed by atoms with Crippen molar-refractivity contribution in [2.45, 2.75) is 6.54 Å². The number of anilines is 2. The highest BCUT2D eigenvalue weighted by Gasteiger charge is 2.26. The fourth-order valence-electron chi connectivity index (χ4n) is 1.81. The van der Waals surface area contributed by atoms with Crippen molar-refractivity contribution in [2.24, 2.45) is 0 Å². The quantitative estimate of drug-likeness (QED) is 0.912. The molecular formula is C11H9ClN4O2S. The summed E-state index contributed by atoms with van der Waals surface area (Å²) in [6.07, 6.45) is 0. The summed E-state index contributed by atoms with van der Waals surface area (Å²) in [5.74, 6) is 0.477. The Morgan fingerprint density at radius 3 is 3.05 bits per heavy atom. The van der Waals surface area contributed by atoms with Crippen molar-refractivity contribution in [3.8, 4) is 5.75 Å². The van der Waals surface area contributed by atoms with Gasteiger partial charge >= 0.3 is 0 Å². The molecule has 0 radical (unpaired) electrons. The first-order valence-corrected chi connectivity index (χ1v) is 6.63. The summed E-state index contributed by atoms with van der Waals surface area (Å²) in [7, 11) is 0. The highest BCUT2D eigenvalue weighted by Crippen LogP contribution is 2.35. The third-order valence-corrected chi connectivity index (χ3v) is 3.61. The van der Waals surface area contributed by atoms with Crippen LogP contribution in [-0.4, -0.2) is 22.7 Å². The zero-order valence-electron chi connectivity index (χ0n) is 9.67. The number of nitrogens with two attached hydrogens (primary N) is 1. The molecule has 8 heteroatoms. The molecule has 0 saturated carbocycles. The van der Waals surface area contributed by atoms with E-state index in [1.165, 1.54) is 11.3 Å². The smallest absolute Gasteiger partial charge is 0.265 e. The minimum Gasteiger partial charge on any atom is -0.482 e. The number of hydrogen-bond donors (Lipinski definition) is 1. The van der Waals surface area contributed by atoms with Gasteiger partial charge in [0.05, 0.1) is 12.2 Å². The molecule has 98 valence electrons. The van der Waals surface area contributed by atoms with Gasteiger partial charge in [-0.3, -0.25) is 9.69 Å². The number of carbonyl (C=O) groups excluding carboxylic acids is 1. The van der Waals surface area contributed by atoms with E-state index < -0.39 is 0 Å². The zero-order valence-corrected chi connectivity index (χ0v) is 11.2. The van der Waals surface area contributed by atoms with Crippen LogP contribution >= 0.6 is 22.9 Å². The van der Waals surface area contributed by atoms with Crippen LogP contribution < -0.4 is 15.4 Å². The minimum atomic E-state index is -0.150. The van der Waals surface area contributed by atoms with Crippen molar-refractivity contribution in [3.05, 3.63) is 28.2 Å². The van der Waals surface area contributed by atoms with Crippen LogP contribution in [-0.2, 0) is 11.3 Å². The first-order chi connectivity index (χ1) is 9.13. The van der Waals surface area contributed by atoms with Crippen molar-refractivity contribution < 1.29 is 9.53 Å². The lowest BCUT2D eigenvalue weighted by molar-refractivity contribution is -0.121. The highest BCUT2D eigenvalue weighted by molar-refractivity contribution is 7.15. The molecule has 19 heavy (non-hydrogen) atoms. The molecule has 1 aromatic carbocycles. The lowest BCUT2D eigenvalue weighted by Gasteiger charge is -2.28. The fourth-order valence-corrected chi connectivity index (χ4v) is 2.58. The van der Waals surface area contributed by atoms with Crippen LogP contribution in [0.4, 0.5) is 10.8 Å². The number of nitrogen functional groups attached to an aromatic ring is 1. The van der Waals surface area contributed by atoms with Crippen molar-refractivity contribution in [1.82, 2.24) is 10.2 Å². The summed E-state index contributed by atoms with van der Waals surface area (Å²) in [4.78, 5) is 13.5. The molecule has 1 aliphatic rings. The molecule has 0 aliphatic carbocycles. The monoisotopic (exact) mass is 296 g/mol. The normalized spacial score (nSPS) is 14.2. The Labute approximate surface area is 117 Å². The molecule has 3 rings (SSSR count). The average molecular weight is 297 g/mol. The Bertz CT molecular complexity index is 645. The Kier molecular flexibility index (Phi) is 3.00. The summed E-state index contributed by atoms with van der Waals surface area (Å²) in [5.41, 5.74) is 6.17. The average Bonchev–Trinajstić information content (AvgIpc) is 2.79. The maximum atomic E-state index is 12.0. The second-order valence-electron chi connectivity index (χ2n) is 3.91. The zero-order chi connectivity index (χ0) is 13.4. The van der Waals surface area contributed by atoms with Crippen molar-refractivity contribution in [2.75, 3.05) is 17.2 Å². The highest BCUT2D eigenvalue weighted by atomic mass is 35.5. The summed E-state index contributed by atoms with van der Waals surface area (Å²) < 4.78 is 5.36. The molecule has 6 nitrogen and oxygen atoms in total. The lowest BCUT2D eigenvalue weighted by atomic mass is 10.2. The molecule has 2 heterocycles. The van der Waals surface area contributed by atoms with Gasteiger partial charge in [0.1, 0.15) is 10.8 Å². The third kappa shape index (κ3) is 2.34. The molecule has 0 unspecified atom stereocenters. The van der Waals surface area contributed by atoms with Crippen LogP contribution in [0.2, 0.25) is 5.02 Å². The number of aromatic nitrogens is 2. The van der Waals surface area contributed by atoms with Gasteiger partial charge in [-0.2, -0.15) is 0 Å². The Morgan fingerprint density at radius 2 is 2.32 bits per heavy atom. The number of hydrogen-bond acceptors (Lipinski definition) is 6. The van der Waals surface area contributed by atoms with Gasteiger partial charge in [0.15, 0.2) is 6.61 Å². The molecule has 0 bridgehead atoms. The number of ether oxygens (including phenoxy) is 1. The SMILES string of the molecule is Nc1nnc(CN2C(=O)COc3ccc(Cl)cc32)s1. The third-order valence-electron chi connectivity index (χ3n) is 2.64. The number of halogens is 1. The van der Waals surface area contributed by atoms with Crippen molar-refractivity contribution >= 4 is 39.7 Å². The van der Waals surface area contributed by atoms with Crippen LogP contribution in [0.5, 0.6) is 5.75 Å². The second kappa shape index (κ2) is 4.67. The predicted octanol–water partition coefficient (Wildman–Crippen LogP) is 1.70. The van der Waals surface area contributed by atoms with E-state index >= 15 is 0 Å². The molecule has 0 saturated heterocycles. The van der Waals surface area contributed by atoms with E-state index in [0.29, 0.717) is 33.1 Å². The number of benzene rings is 1. The van der Waals surface area contributed by atoms with Gasteiger partial charge in [0.2, 0.25) is 5.13 Å². The van der Waals surface area contributed by atoms with E-state index in [0.717, 1.165) is 0 Å². The van der Waals surface area contributed by atoms with Gasteiger partial charge in [-0.05, 0) is 18.2 Å². The van der Waals surface area contributed by atoms with Crippen LogP contribution in [0.15, 0.2) is 18.2 Å². The minimum absolute atomic E-state index is 0.00290. The summed E-state index contributed by atoms with van der Waals surface area (Å²) in [6, 6.07) is 5.15. The summed E-state index contributed by atoms with van der Waals surface area (Å²) in [6.45, 7) is 0.313. The Morgan fingerprint density at radius 1 is 1.47 bits per heavy atom. The second-order valence-corrected chi connectivity index (χ2v) is 5.44. The summed E-state index contributed by atoms with van der Waals surface area (Å²) in [5, 5.41) is 9.23. The van der Waals surface area contributed by atoms with E-state index in [4.69, 9.17) is 22.1 Å². The largest absolute Gasteiger partial charge is 0.482 e. The van der Waals surface area contributed by atoms with Crippen molar-refractivity contribution in [1.29, 1.82) is 0 Å². The molecule has 1 amide bonds. The van der Waals surface area contributed by atoms with Crippen LogP contribution in [0.25, 0.3) is 0 Å². The maximum Gasteiger partial charge on any atom is 0.265 e. The molecular weight excluding hydrogens is 288 g/mol. The lowest BCUT2D eigenvalue weighted by Crippen LogP contribution is -2.38. The predicted molar refractivity (Wildman–Crippen MR) is 72.5 cm³/mol. The van der Waals surface area contributed by atoms with E-state index in [2.05, 4.69) is 10.2 Å². The maximum absolute atomic E-state index is 12.0.